The molecule has 0 bridgehead atoms. The summed E-state index contributed by atoms with van der Waals surface area (Å²) in [7, 11) is 0. The van der Waals surface area contributed by atoms with Crippen LogP contribution in [0.1, 0.15) is 46.0 Å². The van der Waals surface area contributed by atoms with Crippen molar-refractivity contribution in [2.45, 2.75) is 69.4 Å². The van der Waals surface area contributed by atoms with Crippen molar-refractivity contribution in [1.29, 1.82) is 0 Å². The van der Waals surface area contributed by atoms with Gasteiger partial charge in [-0.2, -0.15) is 0 Å². The molecule has 0 amide bonds. The van der Waals surface area contributed by atoms with Crippen molar-refractivity contribution in [1.82, 2.24) is 0 Å². The molecular formula is C16H22O4. The normalized spacial score (nSPS) is 48.7. The third-order valence-corrected chi connectivity index (χ3v) is 5.53. The number of carbonyl (C=O) groups is 1. The molecule has 0 aromatic rings. The Kier molecular flexibility index (Phi) is 2.62. The highest BCUT2D eigenvalue weighted by molar-refractivity contribution is 5.73. The zero-order chi connectivity index (χ0) is 14.0. The molecule has 1 saturated carbocycles. The van der Waals surface area contributed by atoms with Gasteiger partial charge in [0.25, 0.3) is 0 Å². The maximum absolute atomic E-state index is 12.1. The van der Waals surface area contributed by atoms with Crippen LogP contribution in [-0.4, -0.2) is 36.0 Å². The Bertz CT molecular complexity index is 485. The van der Waals surface area contributed by atoms with E-state index in [1.807, 2.05) is 0 Å². The van der Waals surface area contributed by atoms with E-state index < -0.39 is 0 Å². The quantitative estimate of drug-likeness (QED) is 0.452. The third kappa shape index (κ3) is 2.09. The summed E-state index contributed by atoms with van der Waals surface area (Å²) in [5, 5.41) is 0. The Morgan fingerprint density at radius 2 is 2.20 bits per heavy atom. The zero-order valence-electron chi connectivity index (χ0n) is 12.2. The molecular weight excluding hydrogens is 256 g/mol. The maximum Gasteiger partial charge on any atom is 0.309 e. The van der Waals surface area contributed by atoms with Crippen molar-refractivity contribution in [2.75, 3.05) is 6.61 Å². The summed E-state index contributed by atoms with van der Waals surface area (Å²) in [6.07, 6.45) is 7.40. The van der Waals surface area contributed by atoms with Gasteiger partial charge in [-0.05, 0) is 51.5 Å². The Morgan fingerprint density at radius 1 is 1.35 bits per heavy atom. The Labute approximate surface area is 119 Å². The first-order valence-electron chi connectivity index (χ1n) is 7.70. The lowest BCUT2D eigenvalue weighted by molar-refractivity contribution is -0.148. The molecule has 5 atom stereocenters. The predicted octanol–water partition coefficient (Wildman–Crippen LogP) is 2.36. The molecule has 4 nitrogen and oxygen atoms in total. The minimum Gasteiger partial charge on any atom is -0.461 e. The lowest BCUT2D eigenvalue weighted by Crippen LogP contribution is -2.28. The summed E-state index contributed by atoms with van der Waals surface area (Å²) in [6, 6.07) is 0. The van der Waals surface area contributed by atoms with Crippen LogP contribution in [0.2, 0.25) is 0 Å². The first kappa shape index (κ1) is 12.8. The SMILES string of the molecule is CC12CCC(COC(=O)C3CCC4(C)OC4C3)=CC1O2. The van der Waals surface area contributed by atoms with E-state index in [1.54, 1.807) is 0 Å². The number of hydrogen-bond acceptors (Lipinski definition) is 4. The van der Waals surface area contributed by atoms with E-state index in [1.165, 1.54) is 5.57 Å². The predicted molar refractivity (Wildman–Crippen MR) is 72.2 cm³/mol. The molecule has 2 heterocycles. The molecule has 2 aliphatic carbocycles. The Hall–Kier alpha value is -0.870. The van der Waals surface area contributed by atoms with Crippen LogP contribution < -0.4 is 0 Å². The molecule has 20 heavy (non-hydrogen) atoms. The summed E-state index contributed by atoms with van der Waals surface area (Å²) < 4.78 is 16.8. The number of hydrogen-bond donors (Lipinski definition) is 0. The van der Waals surface area contributed by atoms with Crippen LogP contribution >= 0.6 is 0 Å². The number of esters is 1. The van der Waals surface area contributed by atoms with Crippen LogP contribution in [0, 0.1) is 5.92 Å². The highest BCUT2D eigenvalue weighted by atomic mass is 16.6. The van der Waals surface area contributed by atoms with Crippen LogP contribution in [0.5, 0.6) is 0 Å². The van der Waals surface area contributed by atoms with Gasteiger partial charge in [0.2, 0.25) is 0 Å². The topological polar surface area (TPSA) is 51.4 Å². The lowest BCUT2D eigenvalue weighted by atomic mass is 9.83. The Morgan fingerprint density at radius 3 is 2.95 bits per heavy atom. The van der Waals surface area contributed by atoms with Gasteiger partial charge in [-0.25, -0.2) is 0 Å². The Balaban J connectivity index is 1.28. The van der Waals surface area contributed by atoms with Crippen LogP contribution in [0.4, 0.5) is 0 Å². The smallest absolute Gasteiger partial charge is 0.309 e. The second kappa shape index (κ2) is 4.08. The van der Waals surface area contributed by atoms with E-state index in [-0.39, 0.29) is 35.3 Å². The fourth-order valence-electron chi connectivity index (χ4n) is 3.64. The molecule has 5 unspecified atom stereocenters. The molecule has 0 radical (unpaired) electrons. The van der Waals surface area contributed by atoms with Crippen molar-refractivity contribution in [3.8, 4) is 0 Å². The molecule has 2 aliphatic heterocycles. The van der Waals surface area contributed by atoms with Gasteiger partial charge in [-0.1, -0.05) is 6.08 Å². The maximum atomic E-state index is 12.1. The van der Waals surface area contributed by atoms with Gasteiger partial charge in [0, 0.05) is 0 Å². The lowest BCUT2D eigenvalue weighted by Gasteiger charge is -2.21. The van der Waals surface area contributed by atoms with Crippen molar-refractivity contribution >= 4 is 5.97 Å². The van der Waals surface area contributed by atoms with Crippen molar-refractivity contribution in [3.05, 3.63) is 11.6 Å². The molecule has 0 aromatic carbocycles. The van der Waals surface area contributed by atoms with Gasteiger partial charge in [-0.3, -0.25) is 4.79 Å². The summed E-state index contributed by atoms with van der Waals surface area (Å²) in [5.74, 6) is -0.0179. The summed E-state index contributed by atoms with van der Waals surface area (Å²) in [6.45, 7) is 4.72. The van der Waals surface area contributed by atoms with Gasteiger partial charge in [-0.15, -0.1) is 0 Å². The summed E-state index contributed by atoms with van der Waals surface area (Å²) in [5.41, 5.74) is 1.35. The first-order chi connectivity index (χ1) is 9.48. The monoisotopic (exact) mass is 278 g/mol. The number of carbonyl (C=O) groups excluding carboxylic acids is 1. The zero-order valence-corrected chi connectivity index (χ0v) is 12.2. The van der Waals surface area contributed by atoms with E-state index in [0.717, 1.165) is 32.1 Å². The number of fused-ring (bicyclic) bond motifs is 2. The largest absolute Gasteiger partial charge is 0.461 e. The van der Waals surface area contributed by atoms with Gasteiger partial charge in [0.05, 0.1) is 23.2 Å². The van der Waals surface area contributed by atoms with Gasteiger partial charge in [0.15, 0.2) is 0 Å². The first-order valence-corrected chi connectivity index (χ1v) is 7.70. The fourth-order valence-corrected chi connectivity index (χ4v) is 3.64. The summed E-state index contributed by atoms with van der Waals surface area (Å²) >= 11 is 0. The molecule has 4 heteroatoms. The van der Waals surface area contributed by atoms with Gasteiger partial charge < -0.3 is 14.2 Å². The van der Waals surface area contributed by atoms with Gasteiger partial charge >= 0.3 is 5.97 Å². The second-order valence-electron chi connectivity index (χ2n) is 7.17. The molecule has 2 saturated heterocycles. The molecule has 0 spiro atoms. The molecule has 4 aliphatic rings. The molecule has 3 fully saturated rings. The van der Waals surface area contributed by atoms with Gasteiger partial charge in [0.1, 0.15) is 12.7 Å². The van der Waals surface area contributed by atoms with E-state index in [4.69, 9.17) is 14.2 Å². The van der Waals surface area contributed by atoms with Crippen LogP contribution in [0.15, 0.2) is 11.6 Å². The third-order valence-electron chi connectivity index (χ3n) is 5.53. The molecule has 0 N–H and O–H groups in total. The van der Waals surface area contributed by atoms with Crippen molar-refractivity contribution in [3.63, 3.8) is 0 Å². The van der Waals surface area contributed by atoms with E-state index in [9.17, 15) is 4.79 Å². The van der Waals surface area contributed by atoms with Crippen LogP contribution in [0.25, 0.3) is 0 Å². The average molecular weight is 278 g/mol. The average Bonchev–Trinajstić information content (AvgIpc) is 3.27. The minimum absolute atomic E-state index is 0.0298. The van der Waals surface area contributed by atoms with E-state index in [2.05, 4.69) is 19.9 Å². The van der Waals surface area contributed by atoms with Crippen molar-refractivity contribution in [2.24, 2.45) is 5.92 Å². The van der Waals surface area contributed by atoms with Crippen LogP contribution in [-0.2, 0) is 19.0 Å². The summed E-state index contributed by atoms with van der Waals surface area (Å²) in [4.78, 5) is 12.1. The van der Waals surface area contributed by atoms with Crippen molar-refractivity contribution < 1.29 is 19.0 Å². The fraction of sp³-hybridized carbons (Fsp3) is 0.812. The van der Waals surface area contributed by atoms with E-state index in [0.29, 0.717) is 6.61 Å². The standard InChI is InChI=1S/C16H22O4/c1-15-5-3-10(7-12(15)19-15)9-18-14(17)11-4-6-16(2)13(8-11)20-16/h7,11-13H,3-6,8-9H2,1-2H3. The highest BCUT2D eigenvalue weighted by Gasteiger charge is 2.56. The minimum atomic E-state index is -0.0477. The molecule has 4 rings (SSSR count). The highest BCUT2D eigenvalue weighted by Crippen LogP contribution is 2.49. The number of ether oxygens (including phenoxy) is 3. The van der Waals surface area contributed by atoms with Crippen LogP contribution in [0.3, 0.4) is 0 Å². The molecule has 110 valence electrons. The number of rotatable bonds is 3. The second-order valence-corrected chi connectivity index (χ2v) is 7.17. The number of epoxide rings is 2. The van der Waals surface area contributed by atoms with E-state index >= 15 is 0 Å². The molecule has 0 aromatic heterocycles.